The molecular formula is C5H14AlO3. The molecule has 0 aliphatic carbocycles. The first kappa shape index (κ1) is 12.1. The largest absolute Gasteiger partial charge is 0.382 e. The van der Waals surface area contributed by atoms with Gasteiger partial charge in [0.1, 0.15) is 24.2 Å². The Morgan fingerprint density at radius 1 is 1.00 bits per heavy atom. The van der Waals surface area contributed by atoms with Crippen LogP contribution in [0.1, 0.15) is 0 Å². The zero-order valence-corrected chi connectivity index (χ0v) is 8.35. The van der Waals surface area contributed by atoms with Crippen LogP contribution in [0.4, 0.5) is 0 Å². The highest BCUT2D eigenvalue weighted by atomic mass is 27.0. The first-order valence-corrected chi connectivity index (χ1v) is 2.47. The highest BCUT2D eigenvalue weighted by Gasteiger charge is 1.81. The Balaban J connectivity index is 0. The van der Waals surface area contributed by atoms with Gasteiger partial charge >= 0.3 is 0 Å². The normalized spacial score (nSPS) is 8.67. The first-order chi connectivity index (χ1) is 3.91. The number of rotatable bonds is 5. The molecular weight excluding hydrogens is 135 g/mol. The predicted octanol–water partition coefficient (Wildman–Crippen LogP) is -0.663. The first-order valence-electron chi connectivity index (χ1n) is 2.47. The summed E-state index contributed by atoms with van der Waals surface area (Å²) in [5.74, 6) is 0. The van der Waals surface area contributed by atoms with Crippen molar-refractivity contribution in [1.29, 1.82) is 0 Å². The fourth-order valence-electron chi connectivity index (χ4n) is 0.285. The molecule has 0 heterocycles. The molecule has 0 atom stereocenters. The van der Waals surface area contributed by atoms with Crippen LogP contribution < -0.4 is 0 Å². The summed E-state index contributed by atoms with van der Waals surface area (Å²) in [5.41, 5.74) is 0. The molecule has 1 radical (unpaired) electrons. The average Bonchev–Trinajstić information content (AvgIpc) is 1.81. The molecule has 0 aromatic heterocycles. The molecule has 0 N–H and O–H groups in total. The molecule has 0 aromatic carbocycles. The van der Waals surface area contributed by atoms with Gasteiger partial charge in [-0.3, -0.25) is 0 Å². The molecule has 0 saturated heterocycles. The van der Waals surface area contributed by atoms with Gasteiger partial charge in [0.2, 0.25) is 0 Å². The van der Waals surface area contributed by atoms with Crippen LogP contribution in [0, 0.1) is 0 Å². The third kappa shape index (κ3) is 11.8. The summed E-state index contributed by atoms with van der Waals surface area (Å²) in [6, 6.07) is 0. The van der Waals surface area contributed by atoms with Gasteiger partial charge in [0.25, 0.3) is 0 Å². The third-order valence-corrected chi connectivity index (χ3v) is 0.633. The van der Waals surface area contributed by atoms with Crippen molar-refractivity contribution in [3.05, 3.63) is 0 Å². The molecule has 0 aliphatic heterocycles. The van der Waals surface area contributed by atoms with Crippen LogP contribution in [0.3, 0.4) is 0 Å². The Hall–Kier alpha value is 0.412. The summed E-state index contributed by atoms with van der Waals surface area (Å²) in [6.45, 7) is 1.58. The van der Waals surface area contributed by atoms with Crippen molar-refractivity contribution in [2.75, 3.05) is 34.2 Å². The standard InChI is InChI=1S/C5H12O3.Al.2H/c1-6-3-4-8-5-7-2;;;/h3-5H2,1-2H3;;;. The second-order valence-electron chi connectivity index (χ2n) is 1.31. The fourth-order valence-corrected chi connectivity index (χ4v) is 0.285. The summed E-state index contributed by atoms with van der Waals surface area (Å²) in [6.07, 6.45) is 0. The summed E-state index contributed by atoms with van der Waals surface area (Å²) < 4.78 is 14.2. The monoisotopic (exact) mass is 149 g/mol. The molecule has 55 valence electrons. The minimum atomic E-state index is 0. The third-order valence-electron chi connectivity index (χ3n) is 0.633. The SMILES string of the molecule is COCCOCOC.[AlH2]. The maximum absolute atomic E-state index is 4.88. The van der Waals surface area contributed by atoms with Crippen molar-refractivity contribution >= 4 is 17.4 Å². The van der Waals surface area contributed by atoms with Crippen molar-refractivity contribution < 1.29 is 14.2 Å². The van der Waals surface area contributed by atoms with Crippen LogP contribution in [0.5, 0.6) is 0 Å². The quantitative estimate of drug-likeness (QED) is 0.295. The molecule has 0 saturated carbocycles. The summed E-state index contributed by atoms with van der Waals surface area (Å²) in [7, 11) is 3.23. The van der Waals surface area contributed by atoms with E-state index in [-0.39, 0.29) is 17.4 Å². The molecule has 3 nitrogen and oxygen atoms in total. The van der Waals surface area contributed by atoms with E-state index >= 15 is 0 Å². The lowest BCUT2D eigenvalue weighted by Crippen LogP contribution is -2.03. The van der Waals surface area contributed by atoms with Crippen molar-refractivity contribution in [2.24, 2.45) is 0 Å². The van der Waals surface area contributed by atoms with E-state index in [0.717, 1.165) is 0 Å². The minimum Gasteiger partial charge on any atom is -0.382 e. The number of hydrogen-bond donors (Lipinski definition) is 0. The molecule has 0 spiro atoms. The maximum Gasteiger partial charge on any atom is 0.146 e. The van der Waals surface area contributed by atoms with Crippen LogP contribution >= 0.6 is 0 Å². The Bertz CT molecular complexity index is 37.2. The van der Waals surface area contributed by atoms with Gasteiger partial charge in [-0.15, -0.1) is 0 Å². The molecule has 0 aliphatic rings. The molecule has 0 aromatic rings. The van der Waals surface area contributed by atoms with E-state index in [4.69, 9.17) is 9.47 Å². The van der Waals surface area contributed by atoms with Crippen molar-refractivity contribution in [3.8, 4) is 0 Å². The van der Waals surface area contributed by atoms with Crippen LogP contribution in [0.15, 0.2) is 0 Å². The minimum absolute atomic E-state index is 0. The van der Waals surface area contributed by atoms with E-state index in [2.05, 4.69) is 4.74 Å². The van der Waals surface area contributed by atoms with Crippen molar-refractivity contribution in [3.63, 3.8) is 0 Å². The van der Waals surface area contributed by atoms with Gasteiger partial charge in [-0.1, -0.05) is 0 Å². The summed E-state index contributed by atoms with van der Waals surface area (Å²) >= 11 is 0. The van der Waals surface area contributed by atoms with Crippen LogP contribution in [-0.4, -0.2) is 51.6 Å². The van der Waals surface area contributed by atoms with E-state index in [1.54, 1.807) is 14.2 Å². The Kier molecular flexibility index (Phi) is 15.1. The predicted molar refractivity (Wildman–Crippen MR) is 38.2 cm³/mol. The Morgan fingerprint density at radius 2 is 1.67 bits per heavy atom. The molecule has 0 unspecified atom stereocenters. The highest BCUT2D eigenvalue weighted by molar-refractivity contribution is 5.75. The van der Waals surface area contributed by atoms with Crippen molar-refractivity contribution in [1.82, 2.24) is 0 Å². The van der Waals surface area contributed by atoms with Crippen LogP contribution in [0.25, 0.3) is 0 Å². The summed E-state index contributed by atoms with van der Waals surface area (Å²) in [5, 5.41) is 0. The van der Waals surface area contributed by atoms with E-state index < -0.39 is 0 Å². The van der Waals surface area contributed by atoms with Gasteiger partial charge in [-0.25, -0.2) is 0 Å². The van der Waals surface area contributed by atoms with Gasteiger partial charge in [-0.2, -0.15) is 0 Å². The zero-order chi connectivity index (χ0) is 6.24. The zero-order valence-electron chi connectivity index (χ0n) is 6.35. The number of ether oxygens (including phenoxy) is 3. The van der Waals surface area contributed by atoms with Gasteiger partial charge in [0.15, 0.2) is 0 Å². The van der Waals surface area contributed by atoms with E-state index in [0.29, 0.717) is 20.0 Å². The second-order valence-corrected chi connectivity index (χ2v) is 1.31. The number of methoxy groups -OCH3 is 2. The lowest BCUT2D eigenvalue weighted by Gasteiger charge is -1.99. The topological polar surface area (TPSA) is 27.7 Å². The van der Waals surface area contributed by atoms with E-state index in [9.17, 15) is 0 Å². The maximum atomic E-state index is 4.88. The molecule has 0 amide bonds. The second kappa shape index (κ2) is 11.2. The molecule has 0 fully saturated rings. The summed E-state index contributed by atoms with van der Waals surface area (Å²) in [4.78, 5) is 0. The van der Waals surface area contributed by atoms with Crippen molar-refractivity contribution in [2.45, 2.75) is 0 Å². The highest BCUT2D eigenvalue weighted by Crippen LogP contribution is 1.74. The van der Waals surface area contributed by atoms with Gasteiger partial charge in [0, 0.05) is 14.2 Å². The molecule has 0 bridgehead atoms. The van der Waals surface area contributed by atoms with Crippen LogP contribution in [0.2, 0.25) is 0 Å². The molecule has 9 heavy (non-hydrogen) atoms. The van der Waals surface area contributed by atoms with Gasteiger partial charge < -0.3 is 14.2 Å². The lowest BCUT2D eigenvalue weighted by atomic mass is 10.8. The molecule has 4 heteroatoms. The average molecular weight is 149 g/mol. The van der Waals surface area contributed by atoms with E-state index in [1.807, 2.05) is 0 Å². The fraction of sp³-hybridized carbons (Fsp3) is 1.00. The Labute approximate surface area is 66.4 Å². The van der Waals surface area contributed by atoms with E-state index in [1.165, 1.54) is 0 Å². The van der Waals surface area contributed by atoms with Gasteiger partial charge in [0.05, 0.1) is 13.2 Å². The Morgan fingerprint density at radius 3 is 2.11 bits per heavy atom. The smallest absolute Gasteiger partial charge is 0.146 e. The van der Waals surface area contributed by atoms with Crippen LogP contribution in [-0.2, 0) is 14.2 Å². The van der Waals surface area contributed by atoms with Gasteiger partial charge in [-0.05, 0) is 0 Å². The lowest BCUT2D eigenvalue weighted by molar-refractivity contribution is -0.0457. The number of hydrogen-bond acceptors (Lipinski definition) is 3. The molecule has 0 rings (SSSR count).